The molecule has 2 heterocycles. The van der Waals surface area contributed by atoms with Crippen molar-refractivity contribution in [3.8, 4) is 0 Å². The molecule has 2 fully saturated rings. The van der Waals surface area contributed by atoms with Crippen molar-refractivity contribution >= 4 is 0 Å². The molecule has 0 amide bonds. The van der Waals surface area contributed by atoms with E-state index in [-0.39, 0.29) is 6.04 Å². The number of fused-ring (bicyclic) bond motifs is 2. The standard InChI is InChI=1S/C8H14N2O/c11-9-8-3-5-10-4-1-2-7(8)6-10/h7-8H,1-6H2. The molecule has 0 spiro atoms. The zero-order chi connectivity index (χ0) is 7.68. The van der Waals surface area contributed by atoms with E-state index in [1.54, 1.807) is 0 Å². The summed E-state index contributed by atoms with van der Waals surface area (Å²) < 4.78 is 0. The molecule has 0 radical (unpaired) electrons. The molecule has 2 aliphatic heterocycles. The Hall–Kier alpha value is -0.440. The largest absolute Gasteiger partial charge is 0.303 e. The molecule has 0 saturated carbocycles. The first-order valence-electron chi connectivity index (χ1n) is 4.45. The summed E-state index contributed by atoms with van der Waals surface area (Å²) >= 11 is 0. The predicted molar refractivity (Wildman–Crippen MR) is 43.4 cm³/mol. The van der Waals surface area contributed by atoms with E-state index in [0.29, 0.717) is 5.92 Å². The number of rotatable bonds is 1. The monoisotopic (exact) mass is 154 g/mol. The number of nitrogens with zero attached hydrogens (tertiary/aromatic N) is 2. The van der Waals surface area contributed by atoms with Gasteiger partial charge in [0.1, 0.15) is 0 Å². The highest BCUT2D eigenvalue weighted by Crippen LogP contribution is 2.28. The molecular formula is C8H14N2O. The summed E-state index contributed by atoms with van der Waals surface area (Å²) in [4.78, 5) is 12.8. The van der Waals surface area contributed by atoms with Crippen LogP contribution >= 0.6 is 0 Å². The van der Waals surface area contributed by atoms with Gasteiger partial charge in [-0.3, -0.25) is 0 Å². The minimum absolute atomic E-state index is 0.131. The summed E-state index contributed by atoms with van der Waals surface area (Å²) in [6, 6.07) is 0.131. The minimum atomic E-state index is 0.131. The molecule has 2 saturated heterocycles. The molecule has 0 aromatic heterocycles. The first-order chi connectivity index (χ1) is 5.40. The fourth-order valence-electron chi connectivity index (χ4n) is 2.30. The van der Waals surface area contributed by atoms with Crippen molar-refractivity contribution in [2.45, 2.75) is 25.3 Å². The molecule has 0 aromatic rings. The minimum Gasteiger partial charge on any atom is -0.303 e. The van der Waals surface area contributed by atoms with E-state index in [1.807, 2.05) is 0 Å². The molecule has 2 rings (SSSR count). The van der Waals surface area contributed by atoms with Crippen molar-refractivity contribution < 1.29 is 0 Å². The third kappa shape index (κ3) is 1.29. The van der Waals surface area contributed by atoms with Crippen LogP contribution in [-0.2, 0) is 0 Å². The highest BCUT2D eigenvalue weighted by Gasteiger charge is 2.32. The van der Waals surface area contributed by atoms with Crippen LogP contribution in [0.3, 0.4) is 0 Å². The van der Waals surface area contributed by atoms with Crippen LogP contribution in [0.25, 0.3) is 0 Å². The Balaban J connectivity index is 2.02. The second-order valence-electron chi connectivity index (χ2n) is 3.66. The first kappa shape index (κ1) is 7.22. The van der Waals surface area contributed by atoms with E-state index in [2.05, 4.69) is 10.1 Å². The lowest BCUT2D eigenvalue weighted by atomic mass is 9.86. The van der Waals surface area contributed by atoms with Gasteiger partial charge < -0.3 is 4.90 Å². The SMILES string of the molecule is O=NC1CCN2CCCC1C2. The molecule has 3 unspecified atom stereocenters. The summed E-state index contributed by atoms with van der Waals surface area (Å²) in [7, 11) is 0. The maximum atomic E-state index is 10.4. The van der Waals surface area contributed by atoms with Gasteiger partial charge in [0.2, 0.25) is 0 Å². The molecule has 0 aliphatic carbocycles. The Bertz CT molecular complexity index is 160. The molecule has 3 atom stereocenters. The quantitative estimate of drug-likeness (QED) is 0.532. The van der Waals surface area contributed by atoms with E-state index in [4.69, 9.17) is 0 Å². The molecule has 3 nitrogen and oxygen atoms in total. The Morgan fingerprint density at radius 1 is 1.27 bits per heavy atom. The van der Waals surface area contributed by atoms with Gasteiger partial charge in [-0.05, 0) is 31.7 Å². The van der Waals surface area contributed by atoms with Crippen molar-refractivity contribution in [3.63, 3.8) is 0 Å². The predicted octanol–water partition coefficient (Wildman–Crippen LogP) is 1.24. The maximum Gasteiger partial charge on any atom is 0.0972 e. The average Bonchev–Trinajstić information content (AvgIpc) is 2.06. The molecule has 2 aliphatic rings. The van der Waals surface area contributed by atoms with Crippen LogP contribution in [0.2, 0.25) is 0 Å². The van der Waals surface area contributed by atoms with Crippen LogP contribution in [0, 0.1) is 10.8 Å². The van der Waals surface area contributed by atoms with Gasteiger partial charge in [-0.25, -0.2) is 0 Å². The van der Waals surface area contributed by atoms with Gasteiger partial charge in [-0.2, -0.15) is 4.91 Å². The normalized spacial score (nSPS) is 43.5. The maximum absolute atomic E-state index is 10.4. The van der Waals surface area contributed by atoms with E-state index in [9.17, 15) is 4.91 Å². The van der Waals surface area contributed by atoms with Crippen molar-refractivity contribution in [3.05, 3.63) is 4.91 Å². The molecule has 11 heavy (non-hydrogen) atoms. The summed E-state index contributed by atoms with van der Waals surface area (Å²) in [5.74, 6) is 0.579. The fourth-order valence-corrected chi connectivity index (χ4v) is 2.30. The van der Waals surface area contributed by atoms with E-state index in [1.165, 1.54) is 19.4 Å². The van der Waals surface area contributed by atoms with Crippen molar-refractivity contribution in [1.29, 1.82) is 0 Å². The molecule has 3 heteroatoms. The number of piperidine rings is 2. The second kappa shape index (κ2) is 2.89. The lowest BCUT2D eigenvalue weighted by Gasteiger charge is -2.39. The first-order valence-corrected chi connectivity index (χ1v) is 4.45. The molecule has 62 valence electrons. The van der Waals surface area contributed by atoms with Gasteiger partial charge in [-0.15, -0.1) is 0 Å². The van der Waals surface area contributed by atoms with Crippen LogP contribution in [0.4, 0.5) is 0 Å². The van der Waals surface area contributed by atoms with Gasteiger partial charge in [0.15, 0.2) is 0 Å². The van der Waals surface area contributed by atoms with Gasteiger partial charge >= 0.3 is 0 Å². The molecule has 0 N–H and O–H groups in total. The highest BCUT2D eigenvalue weighted by molar-refractivity contribution is 4.87. The van der Waals surface area contributed by atoms with Crippen molar-refractivity contribution in [2.24, 2.45) is 11.1 Å². The van der Waals surface area contributed by atoms with Crippen LogP contribution < -0.4 is 0 Å². The summed E-state index contributed by atoms with van der Waals surface area (Å²) in [5, 5.41) is 3.19. The Morgan fingerprint density at radius 2 is 2.18 bits per heavy atom. The second-order valence-corrected chi connectivity index (χ2v) is 3.66. The zero-order valence-corrected chi connectivity index (χ0v) is 6.70. The molecular weight excluding hydrogens is 140 g/mol. The average molecular weight is 154 g/mol. The van der Waals surface area contributed by atoms with Crippen molar-refractivity contribution in [2.75, 3.05) is 19.6 Å². The fraction of sp³-hybridized carbons (Fsp3) is 1.00. The van der Waals surface area contributed by atoms with Crippen LogP contribution in [0.15, 0.2) is 5.18 Å². The Labute approximate surface area is 66.7 Å². The highest BCUT2D eigenvalue weighted by atomic mass is 16.3. The third-order valence-electron chi connectivity index (χ3n) is 2.96. The number of nitroso groups, excluding NO2 is 1. The summed E-state index contributed by atoms with van der Waals surface area (Å²) in [5.41, 5.74) is 0. The van der Waals surface area contributed by atoms with Gasteiger partial charge in [0, 0.05) is 13.1 Å². The summed E-state index contributed by atoms with van der Waals surface area (Å²) in [6.07, 6.45) is 3.47. The smallest absolute Gasteiger partial charge is 0.0972 e. The van der Waals surface area contributed by atoms with Crippen LogP contribution in [-0.4, -0.2) is 30.6 Å². The molecule has 2 bridgehead atoms. The molecule has 0 aromatic carbocycles. The van der Waals surface area contributed by atoms with E-state index < -0.39 is 0 Å². The topological polar surface area (TPSA) is 32.7 Å². The van der Waals surface area contributed by atoms with Gasteiger partial charge in [0.25, 0.3) is 0 Å². The lowest BCUT2D eigenvalue weighted by molar-refractivity contribution is 0.107. The van der Waals surface area contributed by atoms with Crippen LogP contribution in [0.1, 0.15) is 19.3 Å². The van der Waals surface area contributed by atoms with Gasteiger partial charge in [-0.1, -0.05) is 5.18 Å². The number of hydrogen-bond donors (Lipinski definition) is 0. The Morgan fingerprint density at radius 3 is 3.00 bits per heavy atom. The number of hydrogen-bond acceptors (Lipinski definition) is 3. The van der Waals surface area contributed by atoms with E-state index >= 15 is 0 Å². The van der Waals surface area contributed by atoms with Crippen LogP contribution in [0.5, 0.6) is 0 Å². The van der Waals surface area contributed by atoms with Crippen molar-refractivity contribution in [1.82, 2.24) is 4.90 Å². The lowest BCUT2D eigenvalue weighted by Crippen LogP contribution is -2.46. The zero-order valence-electron chi connectivity index (χ0n) is 6.70. The Kier molecular flexibility index (Phi) is 1.90. The van der Waals surface area contributed by atoms with Gasteiger partial charge in [0.05, 0.1) is 6.04 Å². The third-order valence-corrected chi connectivity index (χ3v) is 2.96. The van der Waals surface area contributed by atoms with E-state index in [0.717, 1.165) is 19.5 Å². The summed E-state index contributed by atoms with van der Waals surface area (Å²) in [6.45, 7) is 3.45.